The molecule has 1 heterocycles. The highest BCUT2D eigenvalue weighted by Crippen LogP contribution is 2.32. The van der Waals surface area contributed by atoms with Gasteiger partial charge in [-0.15, -0.1) is 0 Å². The summed E-state index contributed by atoms with van der Waals surface area (Å²) in [5.74, 6) is 0. The first-order valence-corrected chi connectivity index (χ1v) is 4.84. The molecule has 2 rings (SSSR count). The maximum Gasteiger partial charge on any atom is 0.253 e. The largest absolute Gasteiger partial charge is 0.457 e. The van der Waals surface area contributed by atoms with Gasteiger partial charge in [-0.05, 0) is 6.07 Å². The van der Waals surface area contributed by atoms with Crippen molar-refractivity contribution >= 4 is 38.5 Å². The van der Waals surface area contributed by atoms with Crippen molar-refractivity contribution in [3.8, 4) is 0 Å². The summed E-state index contributed by atoms with van der Waals surface area (Å²) in [6.45, 7) is 0. The van der Waals surface area contributed by atoms with Crippen molar-refractivity contribution in [3.05, 3.63) is 29.8 Å². The first-order chi connectivity index (χ1) is 6.31. The first-order valence-electron chi connectivity index (χ1n) is 3.76. The minimum absolute atomic E-state index is 0.499. The van der Waals surface area contributed by atoms with E-state index in [-0.39, 0.29) is 0 Å². The molecule has 1 aromatic carbocycles. The highest BCUT2D eigenvalue weighted by Gasteiger charge is 2.21. The molecule has 13 heavy (non-hydrogen) atoms. The molecular weight excluding hydrogens is 281 g/mol. The fraction of sp³-hybridized carbons (Fsp3) is 0.111. The summed E-state index contributed by atoms with van der Waals surface area (Å²) in [5, 5.41) is 0. The van der Waals surface area contributed by atoms with Gasteiger partial charge in [0, 0.05) is 28.2 Å². The van der Waals surface area contributed by atoms with E-state index in [0.29, 0.717) is 3.90 Å². The Bertz CT molecular complexity index is 376. The zero-order valence-corrected chi connectivity index (χ0v) is 8.76. The van der Waals surface area contributed by atoms with Crippen molar-refractivity contribution in [2.75, 3.05) is 0 Å². The number of aliphatic imine (C=N–C) groups is 1. The Morgan fingerprint density at radius 3 is 3.00 bits per heavy atom. The second kappa shape index (κ2) is 3.45. The minimum atomic E-state index is -0.499. The maximum absolute atomic E-state index is 10.7. The number of nitrogens with zero attached hydrogens (tertiary/aromatic N) is 1. The summed E-state index contributed by atoms with van der Waals surface area (Å²) < 4.78 is 5.74. The number of benzene rings is 1. The lowest BCUT2D eigenvalue weighted by atomic mass is 10.1. The van der Waals surface area contributed by atoms with E-state index < -0.39 is 6.10 Å². The monoisotopic (exact) mass is 287 g/mol. The van der Waals surface area contributed by atoms with E-state index in [0.717, 1.165) is 17.5 Å². The maximum atomic E-state index is 10.7. The molecule has 0 saturated carbocycles. The van der Waals surface area contributed by atoms with Gasteiger partial charge in [0.2, 0.25) is 0 Å². The number of carbonyl (C=O) groups is 1. The van der Waals surface area contributed by atoms with E-state index >= 15 is 0 Å². The van der Waals surface area contributed by atoms with E-state index in [9.17, 15) is 4.79 Å². The normalized spacial score (nSPS) is 19.8. The lowest BCUT2D eigenvalue weighted by molar-refractivity contribution is -0.114. The van der Waals surface area contributed by atoms with Crippen LogP contribution in [0.3, 0.4) is 0 Å². The molecule has 1 aromatic rings. The van der Waals surface area contributed by atoms with Crippen LogP contribution in [0.4, 0.5) is 5.69 Å². The molecule has 4 heteroatoms. The van der Waals surface area contributed by atoms with Crippen LogP contribution >= 0.6 is 22.6 Å². The molecule has 0 fully saturated rings. The third-order valence-corrected chi connectivity index (χ3v) is 2.29. The average molecular weight is 287 g/mol. The van der Waals surface area contributed by atoms with Crippen molar-refractivity contribution in [2.24, 2.45) is 4.99 Å². The fourth-order valence-corrected chi connectivity index (χ4v) is 1.75. The zero-order chi connectivity index (χ0) is 9.26. The molecule has 1 atom stereocenters. The van der Waals surface area contributed by atoms with E-state index in [1.54, 1.807) is 0 Å². The molecule has 0 radical (unpaired) electrons. The molecule has 0 aromatic heterocycles. The smallest absolute Gasteiger partial charge is 0.253 e. The van der Waals surface area contributed by atoms with Crippen molar-refractivity contribution in [2.45, 2.75) is 6.10 Å². The van der Waals surface area contributed by atoms with Gasteiger partial charge in [0.05, 0.1) is 5.69 Å². The van der Waals surface area contributed by atoms with Gasteiger partial charge in [-0.1, -0.05) is 18.2 Å². The third kappa shape index (κ3) is 1.58. The van der Waals surface area contributed by atoms with E-state index in [1.165, 1.54) is 0 Å². The van der Waals surface area contributed by atoms with Gasteiger partial charge in [-0.25, -0.2) is 4.99 Å². The average Bonchev–Trinajstić information content (AvgIpc) is 2.16. The fourth-order valence-electron chi connectivity index (χ4n) is 1.22. The number of para-hydroxylation sites is 1. The predicted molar refractivity (Wildman–Crippen MR) is 57.4 cm³/mol. The molecule has 1 aliphatic rings. The van der Waals surface area contributed by atoms with Crippen LogP contribution < -0.4 is 0 Å². The summed E-state index contributed by atoms with van der Waals surface area (Å²) in [6, 6.07) is 7.47. The second-order valence-electron chi connectivity index (χ2n) is 2.60. The number of ether oxygens (including phenoxy) is 1. The zero-order valence-electron chi connectivity index (χ0n) is 6.61. The number of carbonyl (C=O) groups excluding carboxylic acids is 1. The Hall–Kier alpha value is -0.910. The second-order valence-corrected chi connectivity index (χ2v) is 3.52. The van der Waals surface area contributed by atoms with Crippen molar-refractivity contribution < 1.29 is 9.53 Å². The van der Waals surface area contributed by atoms with Crippen LogP contribution in [0.5, 0.6) is 0 Å². The Labute approximate surface area is 89.0 Å². The van der Waals surface area contributed by atoms with Crippen molar-refractivity contribution in [1.82, 2.24) is 0 Å². The summed E-state index contributed by atoms with van der Waals surface area (Å²) in [5.41, 5.74) is 1.65. The van der Waals surface area contributed by atoms with Crippen molar-refractivity contribution in [1.29, 1.82) is 0 Å². The van der Waals surface area contributed by atoms with Crippen LogP contribution in [0.15, 0.2) is 29.3 Å². The van der Waals surface area contributed by atoms with Gasteiger partial charge in [0.25, 0.3) is 3.90 Å². The molecule has 0 spiro atoms. The van der Waals surface area contributed by atoms with Crippen LogP contribution in [-0.2, 0) is 9.53 Å². The number of fused-ring (bicyclic) bond motifs is 1. The number of hydrogen-bond donors (Lipinski definition) is 0. The Morgan fingerprint density at radius 1 is 1.46 bits per heavy atom. The van der Waals surface area contributed by atoms with Crippen LogP contribution in [0.1, 0.15) is 11.7 Å². The topological polar surface area (TPSA) is 38.7 Å². The molecule has 0 aliphatic carbocycles. The van der Waals surface area contributed by atoms with Gasteiger partial charge in [-0.3, -0.25) is 4.79 Å². The third-order valence-electron chi connectivity index (χ3n) is 1.80. The lowest BCUT2D eigenvalue weighted by Gasteiger charge is -2.18. The highest BCUT2D eigenvalue weighted by atomic mass is 127. The summed E-state index contributed by atoms with van der Waals surface area (Å²) in [6.07, 6.45) is 0.284. The minimum Gasteiger partial charge on any atom is -0.457 e. The van der Waals surface area contributed by atoms with Crippen LogP contribution in [0.25, 0.3) is 0 Å². The molecule has 1 unspecified atom stereocenters. The van der Waals surface area contributed by atoms with Gasteiger partial charge in [0.15, 0.2) is 12.4 Å². The predicted octanol–water partition coefficient (Wildman–Crippen LogP) is 2.38. The van der Waals surface area contributed by atoms with Crippen LogP contribution in [0, 0.1) is 0 Å². The molecule has 3 nitrogen and oxygen atoms in total. The van der Waals surface area contributed by atoms with Crippen LogP contribution in [0.2, 0.25) is 0 Å². The Kier molecular flexibility index (Phi) is 2.30. The summed E-state index contributed by atoms with van der Waals surface area (Å²) in [7, 11) is 0. The SMILES string of the molecule is O=CC1OC(I)=Nc2ccccc21. The molecule has 0 N–H and O–H groups in total. The van der Waals surface area contributed by atoms with E-state index in [2.05, 4.69) is 4.99 Å². The van der Waals surface area contributed by atoms with Crippen molar-refractivity contribution in [3.63, 3.8) is 0 Å². The van der Waals surface area contributed by atoms with Gasteiger partial charge < -0.3 is 4.74 Å². The molecule has 0 amide bonds. The molecule has 1 aliphatic heterocycles. The first kappa shape index (κ1) is 8.68. The molecule has 0 bridgehead atoms. The number of rotatable bonds is 1. The van der Waals surface area contributed by atoms with Gasteiger partial charge in [-0.2, -0.15) is 0 Å². The Morgan fingerprint density at radius 2 is 2.23 bits per heavy atom. The van der Waals surface area contributed by atoms with Gasteiger partial charge in [0.1, 0.15) is 0 Å². The molecular formula is C9H6INO2. The van der Waals surface area contributed by atoms with Gasteiger partial charge >= 0.3 is 0 Å². The molecule has 66 valence electrons. The van der Waals surface area contributed by atoms with E-state index in [1.807, 2.05) is 46.9 Å². The quantitative estimate of drug-likeness (QED) is 0.587. The molecule has 0 saturated heterocycles. The summed E-state index contributed by atoms with van der Waals surface area (Å²) in [4.78, 5) is 14.9. The highest BCUT2D eigenvalue weighted by molar-refractivity contribution is 14.1. The Balaban J connectivity index is 2.54. The number of aldehydes is 1. The lowest BCUT2D eigenvalue weighted by Crippen LogP contribution is -2.12. The van der Waals surface area contributed by atoms with E-state index in [4.69, 9.17) is 4.74 Å². The number of halogens is 1. The van der Waals surface area contributed by atoms with Crippen LogP contribution in [-0.4, -0.2) is 10.2 Å². The number of hydrogen-bond acceptors (Lipinski definition) is 3. The summed E-state index contributed by atoms with van der Waals surface area (Å²) >= 11 is 1.96. The standard InChI is InChI=1S/C9H6INO2/c10-9-11-7-4-2-1-3-6(7)8(5-12)13-9/h1-5,8H.